The summed E-state index contributed by atoms with van der Waals surface area (Å²) in [7, 11) is 0. The smallest absolute Gasteiger partial charge is 0.293 e. The van der Waals surface area contributed by atoms with E-state index in [1.165, 1.54) is 0 Å². The van der Waals surface area contributed by atoms with Gasteiger partial charge in [-0.1, -0.05) is 29.8 Å². The van der Waals surface area contributed by atoms with Crippen LogP contribution < -0.4 is 0 Å². The van der Waals surface area contributed by atoms with Crippen LogP contribution in [0.1, 0.15) is 28.8 Å². The van der Waals surface area contributed by atoms with E-state index >= 15 is 0 Å². The summed E-state index contributed by atoms with van der Waals surface area (Å²) in [6.45, 7) is 4.75. The van der Waals surface area contributed by atoms with Gasteiger partial charge in [-0.2, -0.15) is 4.98 Å². The summed E-state index contributed by atoms with van der Waals surface area (Å²) in [6, 6.07) is 9.29. The molecule has 0 unspecified atom stereocenters. The van der Waals surface area contributed by atoms with Crippen LogP contribution in [0.2, 0.25) is 5.02 Å². The lowest BCUT2D eigenvalue weighted by Crippen LogP contribution is -2.31. The summed E-state index contributed by atoms with van der Waals surface area (Å²) in [6.07, 6.45) is 1.65. The Bertz CT molecular complexity index is 861. The van der Waals surface area contributed by atoms with Crippen molar-refractivity contribution in [3.8, 4) is 0 Å². The second-order valence-electron chi connectivity index (χ2n) is 5.14. The van der Waals surface area contributed by atoms with Gasteiger partial charge in [-0.25, -0.2) is 9.50 Å². The predicted octanol–water partition coefficient (Wildman–Crippen LogP) is 2.75. The van der Waals surface area contributed by atoms with Gasteiger partial charge in [-0.15, -0.1) is 5.10 Å². The Balaban J connectivity index is 1.89. The highest BCUT2D eigenvalue weighted by Gasteiger charge is 2.21. The summed E-state index contributed by atoms with van der Waals surface area (Å²) in [5.41, 5.74) is 1.76. The van der Waals surface area contributed by atoms with Gasteiger partial charge in [0.15, 0.2) is 0 Å². The zero-order chi connectivity index (χ0) is 16.4. The maximum absolute atomic E-state index is 12.7. The Hall–Kier alpha value is -2.47. The summed E-state index contributed by atoms with van der Waals surface area (Å²) in [5, 5.41) is 4.90. The molecule has 0 atom stereocenters. The molecule has 0 fully saturated rings. The third-order valence-corrected chi connectivity index (χ3v) is 3.98. The minimum atomic E-state index is -0.239. The molecule has 2 heterocycles. The molecule has 0 aliphatic carbocycles. The molecule has 1 amide bonds. The minimum Gasteiger partial charge on any atom is -0.332 e. The van der Waals surface area contributed by atoms with Gasteiger partial charge in [-0.05, 0) is 31.5 Å². The topological polar surface area (TPSA) is 63.4 Å². The molecule has 0 N–H and O–H groups in total. The van der Waals surface area contributed by atoms with Crippen molar-refractivity contribution in [2.45, 2.75) is 20.4 Å². The zero-order valence-corrected chi connectivity index (χ0v) is 13.7. The second kappa shape index (κ2) is 6.34. The third-order valence-electron chi connectivity index (χ3n) is 3.61. The van der Waals surface area contributed by atoms with Gasteiger partial charge in [0.1, 0.15) is 0 Å². The number of halogens is 1. The number of hydrogen-bond acceptors (Lipinski definition) is 4. The fourth-order valence-electron chi connectivity index (χ4n) is 2.30. The first-order valence-electron chi connectivity index (χ1n) is 7.31. The van der Waals surface area contributed by atoms with E-state index < -0.39 is 0 Å². The number of hydrogen-bond donors (Lipinski definition) is 0. The average Bonchev–Trinajstić information content (AvgIpc) is 2.99. The number of fused-ring (bicyclic) bond motifs is 1. The van der Waals surface area contributed by atoms with Gasteiger partial charge < -0.3 is 4.90 Å². The molecule has 1 aromatic carbocycles. The number of aromatic nitrogens is 4. The van der Waals surface area contributed by atoms with E-state index in [1.54, 1.807) is 15.6 Å². The zero-order valence-electron chi connectivity index (χ0n) is 12.9. The summed E-state index contributed by atoms with van der Waals surface area (Å²) >= 11 is 6.18. The number of aryl methyl sites for hydroxylation is 1. The summed E-state index contributed by atoms with van der Waals surface area (Å²) < 4.78 is 1.57. The SMILES string of the molecule is CCN(Cc1ccccc1Cl)C(=O)c1nc2nccc(C)n2n1. The monoisotopic (exact) mass is 329 g/mol. The molecule has 0 saturated heterocycles. The number of amides is 1. The van der Waals surface area contributed by atoms with Crippen molar-refractivity contribution in [3.63, 3.8) is 0 Å². The molecule has 3 aromatic rings. The van der Waals surface area contributed by atoms with E-state index in [2.05, 4.69) is 15.1 Å². The van der Waals surface area contributed by atoms with Gasteiger partial charge in [0.25, 0.3) is 11.7 Å². The molecular weight excluding hydrogens is 314 g/mol. The van der Waals surface area contributed by atoms with E-state index in [1.807, 2.05) is 44.2 Å². The Morgan fingerprint density at radius 2 is 2.09 bits per heavy atom. The van der Waals surface area contributed by atoms with Crippen molar-refractivity contribution in [3.05, 3.63) is 58.6 Å². The maximum Gasteiger partial charge on any atom is 0.293 e. The highest BCUT2D eigenvalue weighted by Crippen LogP contribution is 2.18. The first kappa shape index (κ1) is 15.4. The average molecular weight is 330 g/mol. The van der Waals surface area contributed by atoms with Gasteiger partial charge in [-0.3, -0.25) is 4.79 Å². The lowest BCUT2D eigenvalue weighted by molar-refractivity contribution is 0.0740. The largest absolute Gasteiger partial charge is 0.332 e. The molecule has 23 heavy (non-hydrogen) atoms. The molecule has 6 nitrogen and oxygen atoms in total. The standard InChI is InChI=1S/C16H16ClN5O/c1-3-21(10-12-6-4-5-7-13(12)17)15(23)14-19-16-18-9-8-11(2)22(16)20-14/h4-9H,3,10H2,1-2H3. The van der Waals surface area contributed by atoms with E-state index in [0.717, 1.165) is 11.3 Å². The van der Waals surface area contributed by atoms with E-state index in [-0.39, 0.29) is 11.7 Å². The Morgan fingerprint density at radius 3 is 2.78 bits per heavy atom. The van der Waals surface area contributed by atoms with E-state index in [9.17, 15) is 4.79 Å². The lowest BCUT2D eigenvalue weighted by Gasteiger charge is -2.19. The third kappa shape index (κ3) is 3.03. The number of rotatable bonds is 4. The Labute approximate surface area is 138 Å². The number of benzene rings is 1. The molecule has 0 bridgehead atoms. The first-order chi connectivity index (χ1) is 11.1. The maximum atomic E-state index is 12.7. The highest BCUT2D eigenvalue weighted by molar-refractivity contribution is 6.31. The number of nitrogens with zero attached hydrogens (tertiary/aromatic N) is 5. The molecule has 0 aliphatic rings. The molecule has 0 saturated carbocycles. The van der Waals surface area contributed by atoms with Crippen LogP contribution in [0.25, 0.3) is 5.78 Å². The Morgan fingerprint density at radius 1 is 1.30 bits per heavy atom. The number of carbonyl (C=O) groups is 1. The van der Waals surface area contributed by atoms with Crippen LogP contribution in [0.15, 0.2) is 36.5 Å². The molecule has 2 aromatic heterocycles. The van der Waals surface area contributed by atoms with Gasteiger partial charge in [0.2, 0.25) is 5.82 Å². The van der Waals surface area contributed by atoms with Crippen molar-refractivity contribution in [2.75, 3.05) is 6.54 Å². The molecule has 0 radical (unpaired) electrons. The quantitative estimate of drug-likeness (QED) is 0.738. The van der Waals surface area contributed by atoms with Crippen LogP contribution in [-0.4, -0.2) is 36.9 Å². The minimum absolute atomic E-state index is 0.140. The molecule has 3 rings (SSSR count). The van der Waals surface area contributed by atoms with Crippen molar-refractivity contribution >= 4 is 23.3 Å². The van der Waals surface area contributed by atoms with Crippen LogP contribution in [0.3, 0.4) is 0 Å². The van der Waals surface area contributed by atoms with Crippen LogP contribution in [0.5, 0.6) is 0 Å². The van der Waals surface area contributed by atoms with Crippen LogP contribution in [0.4, 0.5) is 0 Å². The molecule has 0 aliphatic heterocycles. The van der Waals surface area contributed by atoms with Crippen LogP contribution >= 0.6 is 11.6 Å². The lowest BCUT2D eigenvalue weighted by atomic mass is 10.2. The van der Waals surface area contributed by atoms with Crippen molar-refractivity contribution < 1.29 is 4.79 Å². The molecule has 0 spiro atoms. The molecule has 118 valence electrons. The van der Waals surface area contributed by atoms with Gasteiger partial charge >= 0.3 is 0 Å². The van der Waals surface area contributed by atoms with E-state index in [4.69, 9.17) is 11.6 Å². The summed E-state index contributed by atoms with van der Waals surface area (Å²) in [4.78, 5) is 22.7. The number of carbonyl (C=O) groups excluding carboxylic acids is 1. The fourth-order valence-corrected chi connectivity index (χ4v) is 2.49. The van der Waals surface area contributed by atoms with Crippen molar-refractivity contribution in [1.29, 1.82) is 0 Å². The second-order valence-corrected chi connectivity index (χ2v) is 5.55. The van der Waals surface area contributed by atoms with Crippen LogP contribution in [-0.2, 0) is 6.54 Å². The van der Waals surface area contributed by atoms with Gasteiger partial charge in [0.05, 0.1) is 0 Å². The van der Waals surface area contributed by atoms with E-state index in [0.29, 0.717) is 23.9 Å². The molecular formula is C16H16ClN5O. The van der Waals surface area contributed by atoms with Crippen molar-refractivity contribution in [1.82, 2.24) is 24.5 Å². The van der Waals surface area contributed by atoms with Crippen molar-refractivity contribution in [2.24, 2.45) is 0 Å². The normalized spacial score (nSPS) is 10.9. The fraction of sp³-hybridized carbons (Fsp3) is 0.250. The Kier molecular flexibility index (Phi) is 4.25. The van der Waals surface area contributed by atoms with Gasteiger partial charge in [0, 0.05) is 30.0 Å². The first-order valence-corrected chi connectivity index (χ1v) is 7.69. The highest BCUT2D eigenvalue weighted by atomic mass is 35.5. The van der Waals surface area contributed by atoms with Crippen LogP contribution in [0, 0.1) is 6.92 Å². The predicted molar refractivity (Wildman–Crippen MR) is 87.4 cm³/mol. The molecule has 7 heteroatoms. The summed E-state index contributed by atoms with van der Waals surface area (Å²) in [5.74, 6) is 0.320.